The summed E-state index contributed by atoms with van der Waals surface area (Å²) in [7, 11) is 0. The van der Waals surface area contributed by atoms with Gasteiger partial charge >= 0.3 is 0 Å². The number of halogens is 1. The summed E-state index contributed by atoms with van der Waals surface area (Å²) < 4.78 is 0.909. The molecule has 0 aliphatic rings. The molecule has 68 valence electrons. The van der Waals surface area contributed by atoms with Crippen LogP contribution < -0.4 is 5.32 Å². The van der Waals surface area contributed by atoms with Gasteiger partial charge < -0.3 is 5.32 Å². The Balaban J connectivity index is 2.41. The summed E-state index contributed by atoms with van der Waals surface area (Å²) in [6.45, 7) is 2.16. The Bertz CT molecular complexity index is 239. The van der Waals surface area contributed by atoms with Gasteiger partial charge in [-0.3, -0.25) is 0 Å². The lowest BCUT2D eigenvalue weighted by atomic mass is 10.4. The average molecular weight is 267 g/mol. The molecule has 1 rings (SSSR count). The first-order chi connectivity index (χ1) is 5.72. The summed E-state index contributed by atoms with van der Waals surface area (Å²) in [6.07, 6.45) is 2.11. The van der Waals surface area contributed by atoms with Gasteiger partial charge in [0.05, 0.1) is 0 Å². The SMILES string of the molecule is CSCC(C)Nc1nc(Br)cs1. The van der Waals surface area contributed by atoms with E-state index < -0.39 is 0 Å². The van der Waals surface area contributed by atoms with Crippen LogP contribution in [0.25, 0.3) is 0 Å². The Hall–Kier alpha value is 0.260. The maximum Gasteiger partial charge on any atom is 0.183 e. The van der Waals surface area contributed by atoms with E-state index in [0.717, 1.165) is 15.5 Å². The lowest BCUT2D eigenvalue weighted by Crippen LogP contribution is -2.17. The summed E-state index contributed by atoms with van der Waals surface area (Å²) >= 11 is 6.78. The Labute approximate surface area is 89.3 Å². The minimum atomic E-state index is 0.484. The van der Waals surface area contributed by atoms with E-state index in [1.807, 2.05) is 17.1 Å². The molecule has 2 nitrogen and oxygen atoms in total. The summed E-state index contributed by atoms with van der Waals surface area (Å²) in [5.41, 5.74) is 0. The van der Waals surface area contributed by atoms with Crippen molar-refractivity contribution in [3.05, 3.63) is 9.98 Å². The van der Waals surface area contributed by atoms with E-state index in [9.17, 15) is 0 Å². The molecule has 1 aromatic heterocycles. The van der Waals surface area contributed by atoms with Crippen LogP contribution in [-0.2, 0) is 0 Å². The predicted molar refractivity (Wildman–Crippen MR) is 61.3 cm³/mol. The molecular formula is C7H11BrN2S2. The number of thioether (sulfide) groups is 1. The minimum absolute atomic E-state index is 0.484. The van der Waals surface area contributed by atoms with Crippen molar-refractivity contribution in [1.29, 1.82) is 0 Å². The van der Waals surface area contributed by atoms with E-state index >= 15 is 0 Å². The highest BCUT2D eigenvalue weighted by atomic mass is 79.9. The van der Waals surface area contributed by atoms with Gasteiger partial charge in [-0.15, -0.1) is 11.3 Å². The van der Waals surface area contributed by atoms with Crippen molar-refractivity contribution in [1.82, 2.24) is 4.98 Å². The zero-order valence-corrected chi connectivity index (χ0v) is 10.2. The quantitative estimate of drug-likeness (QED) is 0.907. The van der Waals surface area contributed by atoms with Gasteiger partial charge in [0.25, 0.3) is 0 Å². The largest absolute Gasteiger partial charge is 0.358 e. The van der Waals surface area contributed by atoms with Crippen molar-refractivity contribution in [3.63, 3.8) is 0 Å². The van der Waals surface area contributed by atoms with Crippen LogP contribution in [0.4, 0.5) is 5.13 Å². The molecule has 0 aliphatic heterocycles. The fourth-order valence-electron chi connectivity index (χ4n) is 0.823. The van der Waals surface area contributed by atoms with Gasteiger partial charge in [-0.2, -0.15) is 11.8 Å². The fraction of sp³-hybridized carbons (Fsp3) is 0.571. The summed E-state index contributed by atoms with van der Waals surface area (Å²) in [5.74, 6) is 1.11. The zero-order valence-electron chi connectivity index (χ0n) is 7.00. The van der Waals surface area contributed by atoms with Gasteiger partial charge in [0, 0.05) is 17.2 Å². The number of nitrogens with one attached hydrogen (secondary N) is 1. The molecular weight excluding hydrogens is 256 g/mol. The topological polar surface area (TPSA) is 24.9 Å². The standard InChI is InChI=1S/C7H11BrN2S2/c1-5(3-11-2)9-7-10-6(8)4-12-7/h4-5H,3H2,1-2H3,(H,9,10). The molecule has 0 bridgehead atoms. The molecule has 0 saturated carbocycles. The van der Waals surface area contributed by atoms with Crippen LogP contribution in [0, 0.1) is 0 Å². The van der Waals surface area contributed by atoms with Gasteiger partial charge in [0.1, 0.15) is 4.60 Å². The molecule has 12 heavy (non-hydrogen) atoms. The Kier molecular flexibility index (Phi) is 4.39. The number of aromatic nitrogens is 1. The highest BCUT2D eigenvalue weighted by Gasteiger charge is 2.03. The van der Waals surface area contributed by atoms with Crippen LogP contribution in [0.15, 0.2) is 9.98 Å². The van der Waals surface area contributed by atoms with Gasteiger partial charge in [-0.1, -0.05) is 0 Å². The highest BCUT2D eigenvalue weighted by molar-refractivity contribution is 9.10. The highest BCUT2D eigenvalue weighted by Crippen LogP contribution is 2.20. The zero-order chi connectivity index (χ0) is 8.97. The van der Waals surface area contributed by atoms with Gasteiger partial charge in [0.15, 0.2) is 5.13 Å². The first-order valence-electron chi connectivity index (χ1n) is 3.59. The maximum absolute atomic E-state index is 4.25. The van der Waals surface area contributed by atoms with E-state index in [1.54, 1.807) is 11.3 Å². The monoisotopic (exact) mass is 266 g/mol. The number of hydrogen-bond donors (Lipinski definition) is 1. The second-order valence-corrected chi connectivity index (χ2v) is 5.06. The Morgan fingerprint density at radius 2 is 2.58 bits per heavy atom. The molecule has 0 amide bonds. The van der Waals surface area contributed by atoms with E-state index in [0.29, 0.717) is 6.04 Å². The summed E-state index contributed by atoms with van der Waals surface area (Å²) in [6, 6.07) is 0.484. The van der Waals surface area contributed by atoms with Crippen molar-refractivity contribution in [3.8, 4) is 0 Å². The first kappa shape index (κ1) is 10.3. The minimum Gasteiger partial charge on any atom is -0.358 e. The Morgan fingerprint density at radius 1 is 1.83 bits per heavy atom. The first-order valence-corrected chi connectivity index (χ1v) is 6.65. The van der Waals surface area contributed by atoms with Crippen LogP contribution in [0.5, 0.6) is 0 Å². The van der Waals surface area contributed by atoms with Gasteiger partial charge in [-0.25, -0.2) is 4.98 Å². The molecule has 1 aromatic rings. The van der Waals surface area contributed by atoms with Crippen LogP contribution in [0.3, 0.4) is 0 Å². The van der Waals surface area contributed by atoms with Crippen molar-refractivity contribution in [2.75, 3.05) is 17.3 Å². The molecule has 0 saturated heterocycles. The molecule has 0 radical (unpaired) electrons. The van der Waals surface area contributed by atoms with E-state index in [2.05, 4.69) is 39.4 Å². The van der Waals surface area contributed by atoms with Gasteiger partial charge in [-0.05, 0) is 29.1 Å². The summed E-state index contributed by atoms with van der Waals surface area (Å²) in [4.78, 5) is 4.25. The van der Waals surface area contributed by atoms with Crippen molar-refractivity contribution in [2.45, 2.75) is 13.0 Å². The lowest BCUT2D eigenvalue weighted by Gasteiger charge is -2.09. The average Bonchev–Trinajstić information content (AvgIpc) is 2.36. The molecule has 0 fully saturated rings. The smallest absolute Gasteiger partial charge is 0.183 e. The molecule has 0 aliphatic carbocycles. The van der Waals surface area contributed by atoms with Crippen LogP contribution in [-0.4, -0.2) is 23.0 Å². The number of hydrogen-bond acceptors (Lipinski definition) is 4. The van der Waals surface area contributed by atoms with Crippen LogP contribution in [0.1, 0.15) is 6.92 Å². The molecule has 5 heteroatoms. The Morgan fingerprint density at radius 3 is 3.08 bits per heavy atom. The fourth-order valence-corrected chi connectivity index (χ4v) is 2.66. The molecule has 0 spiro atoms. The van der Waals surface area contributed by atoms with Crippen LogP contribution in [0.2, 0.25) is 0 Å². The third-order valence-corrected chi connectivity index (χ3v) is 3.58. The lowest BCUT2D eigenvalue weighted by molar-refractivity contribution is 0.910. The second kappa shape index (κ2) is 5.09. The van der Waals surface area contributed by atoms with Gasteiger partial charge in [0.2, 0.25) is 0 Å². The third-order valence-electron chi connectivity index (χ3n) is 1.26. The van der Waals surface area contributed by atoms with Crippen molar-refractivity contribution >= 4 is 44.2 Å². The number of nitrogens with zero attached hydrogens (tertiary/aromatic N) is 1. The van der Waals surface area contributed by atoms with E-state index in [-0.39, 0.29) is 0 Å². The van der Waals surface area contributed by atoms with Crippen LogP contribution >= 0.6 is 39.0 Å². The third kappa shape index (κ3) is 3.33. The molecule has 0 aromatic carbocycles. The normalized spacial score (nSPS) is 12.9. The van der Waals surface area contributed by atoms with E-state index in [1.165, 1.54) is 0 Å². The van der Waals surface area contributed by atoms with E-state index in [4.69, 9.17) is 0 Å². The van der Waals surface area contributed by atoms with Crippen molar-refractivity contribution in [2.24, 2.45) is 0 Å². The molecule has 1 heterocycles. The van der Waals surface area contributed by atoms with Crippen molar-refractivity contribution < 1.29 is 0 Å². The molecule has 1 unspecified atom stereocenters. The number of rotatable bonds is 4. The summed E-state index contributed by atoms with van der Waals surface area (Å²) in [5, 5.41) is 6.29. The predicted octanol–water partition coefficient (Wildman–Crippen LogP) is 3.07. The number of anilines is 1. The second-order valence-electron chi connectivity index (χ2n) is 2.48. The molecule has 1 atom stereocenters. The number of thiazole rings is 1. The molecule has 1 N–H and O–H groups in total. The maximum atomic E-state index is 4.25.